The Morgan fingerprint density at radius 1 is 1.41 bits per heavy atom. The largest absolute Gasteiger partial charge is 0.393 e. The second-order valence-corrected chi connectivity index (χ2v) is 5.28. The van der Waals surface area contributed by atoms with Gasteiger partial charge in [0.1, 0.15) is 5.82 Å². The molecule has 1 aliphatic heterocycles. The zero-order valence-electron chi connectivity index (χ0n) is 9.31. The minimum absolute atomic E-state index is 0.236. The number of benzene rings is 1. The minimum Gasteiger partial charge on any atom is -0.393 e. The van der Waals surface area contributed by atoms with Crippen LogP contribution in [0.5, 0.6) is 0 Å². The summed E-state index contributed by atoms with van der Waals surface area (Å²) in [6, 6.07) is 8.22. The van der Waals surface area contributed by atoms with Gasteiger partial charge in [-0.1, -0.05) is 28.1 Å². The van der Waals surface area contributed by atoms with Gasteiger partial charge in [0.15, 0.2) is 0 Å². The third-order valence-electron chi connectivity index (χ3n) is 3.16. The van der Waals surface area contributed by atoms with Gasteiger partial charge in [0.05, 0.1) is 18.0 Å². The molecule has 17 heavy (non-hydrogen) atoms. The predicted molar refractivity (Wildman–Crippen MR) is 69.7 cm³/mol. The fourth-order valence-electron chi connectivity index (χ4n) is 2.30. The van der Waals surface area contributed by atoms with Crippen molar-refractivity contribution in [3.8, 4) is 11.3 Å². The van der Waals surface area contributed by atoms with E-state index in [9.17, 15) is 5.11 Å². The van der Waals surface area contributed by atoms with Crippen LogP contribution in [-0.2, 0) is 13.0 Å². The Morgan fingerprint density at radius 2 is 2.29 bits per heavy atom. The third-order valence-corrected chi connectivity index (χ3v) is 3.66. The van der Waals surface area contributed by atoms with Crippen molar-refractivity contribution in [2.24, 2.45) is 0 Å². The molecule has 1 atom stereocenters. The highest BCUT2D eigenvalue weighted by Crippen LogP contribution is 2.27. The van der Waals surface area contributed by atoms with Gasteiger partial charge >= 0.3 is 0 Å². The SMILES string of the molecule is OC1CCn2c(-c3cccc(Br)c3)cnc2C1. The van der Waals surface area contributed by atoms with Gasteiger partial charge in [-0.2, -0.15) is 0 Å². The Balaban J connectivity index is 2.05. The van der Waals surface area contributed by atoms with E-state index < -0.39 is 0 Å². The summed E-state index contributed by atoms with van der Waals surface area (Å²) in [5.74, 6) is 0.985. The van der Waals surface area contributed by atoms with E-state index in [-0.39, 0.29) is 6.10 Å². The van der Waals surface area contributed by atoms with Crippen molar-refractivity contribution in [1.29, 1.82) is 0 Å². The van der Waals surface area contributed by atoms with E-state index in [1.807, 2.05) is 18.3 Å². The highest BCUT2D eigenvalue weighted by Gasteiger charge is 2.20. The molecule has 3 rings (SSSR count). The molecule has 88 valence electrons. The second-order valence-electron chi connectivity index (χ2n) is 4.37. The van der Waals surface area contributed by atoms with Crippen LogP contribution in [0.1, 0.15) is 12.2 Å². The molecule has 2 heterocycles. The number of aromatic nitrogens is 2. The van der Waals surface area contributed by atoms with Crippen molar-refractivity contribution in [3.05, 3.63) is 40.8 Å². The molecule has 2 aromatic rings. The van der Waals surface area contributed by atoms with E-state index in [0.29, 0.717) is 6.42 Å². The summed E-state index contributed by atoms with van der Waals surface area (Å²) in [4.78, 5) is 4.40. The number of rotatable bonds is 1. The van der Waals surface area contributed by atoms with Gasteiger partial charge in [0.2, 0.25) is 0 Å². The molecule has 1 aliphatic rings. The lowest BCUT2D eigenvalue weighted by molar-refractivity contribution is 0.142. The van der Waals surface area contributed by atoms with E-state index in [1.54, 1.807) is 0 Å². The number of hydrogen-bond donors (Lipinski definition) is 1. The topological polar surface area (TPSA) is 38.0 Å². The normalized spacial score (nSPS) is 19.1. The molecule has 1 unspecified atom stereocenters. The van der Waals surface area contributed by atoms with Crippen molar-refractivity contribution in [2.45, 2.75) is 25.5 Å². The Morgan fingerprint density at radius 3 is 3.12 bits per heavy atom. The molecule has 3 nitrogen and oxygen atoms in total. The van der Waals surface area contributed by atoms with Crippen LogP contribution < -0.4 is 0 Å². The van der Waals surface area contributed by atoms with Crippen molar-refractivity contribution < 1.29 is 5.11 Å². The summed E-state index contributed by atoms with van der Waals surface area (Å²) in [5.41, 5.74) is 2.29. The summed E-state index contributed by atoms with van der Waals surface area (Å²) < 4.78 is 3.27. The molecule has 0 saturated carbocycles. The van der Waals surface area contributed by atoms with Gasteiger partial charge in [0, 0.05) is 23.0 Å². The molecule has 0 saturated heterocycles. The van der Waals surface area contributed by atoms with E-state index in [0.717, 1.165) is 34.5 Å². The number of aliphatic hydroxyl groups excluding tert-OH is 1. The number of imidazole rings is 1. The van der Waals surface area contributed by atoms with Crippen LogP contribution in [0.3, 0.4) is 0 Å². The summed E-state index contributed by atoms with van der Waals surface area (Å²) in [7, 11) is 0. The lowest BCUT2D eigenvalue weighted by Crippen LogP contribution is -2.23. The number of aliphatic hydroxyl groups is 1. The number of fused-ring (bicyclic) bond motifs is 1. The molecule has 0 aliphatic carbocycles. The zero-order chi connectivity index (χ0) is 11.8. The van der Waals surface area contributed by atoms with Gasteiger partial charge in [-0.05, 0) is 18.6 Å². The molecule has 0 amide bonds. The Bertz CT molecular complexity index is 550. The van der Waals surface area contributed by atoms with Gasteiger partial charge in [0.25, 0.3) is 0 Å². The predicted octanol–water partition coefficient (Wildman–Crippen LogP) is 2.62. The molecule has 0 radical (unpaired) electrons. The Labute approximate surface area is 108 Å². The maximum absolute atomic E-state index is 9.62. The summed E-state index contributed by atoms with van der Waals surface area (Å²) >= 11 is 3.48. The molecular formula is C13H13BrN2O. The summed E-state index contributed by atoms with van der Waals surface area (Å²) in [5, 5.41) is 9.62. The minimum atomic E-state index is -0.236. The van der Waals surface area contributed by atoms with E-state index in [2.05, 4.69) is 37.6 Å². The van der Waals surface area contributed by atoms with Crippen LogP contribution in [0.4, 0.5) is 0 Å². The first-order valence-electron chi connectivity index (χ1n) is 5.72. The highest BCUT2D eigenvalue weighted by molar-refractivity contribution is 9.10. The molecule has 0 fully saturated rings. The number of halogens is 1. The van der Waals surface area contributed by atoms with Crippen LogP contribution in [0.25, 0.3) is 11.3 Å². The van der Waals surface area contributed by atoms with Crippen molar-refractivity contribution in [1.82, 2.24) is 9.55 Å². The maximum atomic E-state index is 9.62. The fraction of sp³-hybridized carbons (Fsp3) is 0.308. The van der Waals surface area contributed by atoms with Gasteiger partial charge < -0.3 is 9.67 Å². The fourth-order valence-corrected chi connectivity index (χ4v) is 2.69. The maximum Gasteiger partial charge on any atom is 0.111 e. The van der Waals surface area contributed by atoms with Gasteiger partial charge in [-0.25, -0.2) is 4.98 Å². The van der Waals surface area contributed by atoms with Crippen molar-refractivity contribution in [2.75, 3.05) is 0 Å². The van der Waals surface area contributed by atoms with Crippen LogP contribution in [0, 0.1) is 0 Å². The number of hydrogen-bond acceptors (Lipinski definition) is 2. The van der Waals surface area contributed by atoms with Gasteiger partial charge in [-0.15, -0.1) is 0 Å². The zero-order valence-corrected chi connectivity index (χ0v) is 10.9. The molecule has 1 aromatic heterocycles. The van der Waals surface area contributed by atoms with Crippen molar-refractivity contribution >= 4 is 15.9 Å². The van der Waals surface area contributed by atoms with Crippen molar-refractivity contribution in [3.63, 3.8) is 0 Å². The Kier molecular flexibility index (Phi) is 2.76. The quantitative estimate of drug-likeness (QED) is 0.877. The Hall–Kier alpha value is -1.13. The molecule has 1 aromatic carbocycles. The van der Waals surface area contributed by atoms with Crippen LogP contribution in [0.2, 0.25) is 0 Å². The summed E-state index contributed by atoms with van der Waals surface area (Å²) in [6.45, 7) is 0.846. The molecular weight excluding hydrogens is 280 g/mol. The first-order chi connectivity index (χ1) is 8.24. The average Bonchev–Trinajstić information content (AvgIpc) is 2.71. The summed E-state index contributed by atoms with van der Waals surface area (Å²) in [6.07, 6.45) is 3.13. The van der Waals surface area contributed by atoms with E-state index >= 15 is 0 Å². The first-order valence-corrected chi connectivity index (χ1v) is 6.52. The number of nitrogens with zero attached hydrogens (tertiary/aromatic N) is 2. The molecule has 1 N–H and O–H groups in total. The molecule has 0 bridgehead atoms. The third kappa shape index (κ3) is 2.03. The second kappa shape index (κ2) is 4.27. The van der Waals surface area contributed by atoms with Gasteiger partial charge in [-0.3, -0.25) is 0 Å². The average molecular weight is 293 g/mol. The monoisotopic (exact) mass is 292 g/mol. The molecule has 0 spiro atoms. The smallest absolute Gasteiger partial charge is 0.111 e. The lowest BCUT2D eigenvalue weighted by Gasteiger charge is -2.20. The van der Waals surface area contributed by atoms with E-state index in [4.69, 9.17) is 0 Å². The van der Waals surface area contributed by atoms with E-state index in [1.165, 1.54) is 0 Å². The standard InChI is InChI=1S/C13H13BrN2O/c14-10-3-1-2-9(6-10)12-8-15-13-7-11(17)4-5-16(12)13/h1-3,6,8,11,17H,4-5,7H2. The molecule has 4 heteroatoms. The van der Waals surface area contributed by atoms with Crippen LogP contribution in [0.15, 0.2) is 34.9 Å². The van der Waals surface area contributed by atoms with Crippen LogP contribution >= 0.6 is 15.9 Å². The first kappa shape index (κ1) is 11.0. The van der Waals surface area contributed by atoms with Crippen LogP contribution in [-0.4, -0.2) is 20.8 Å². The lowest BCUT2D eigenvalue weighted by atomic mass is 10.1. The highest BCUT2D eigenvalue weighted by atomic mass is 79.9.